The molecule has 0 aliphatic heterocycles. The second-order valence-corrected chi connectivity index (χ2v) is 6.40. The zero-order valence-corrected chi connectivity index (χ0v) is 16.1. The third-order valence-electron chi connectivity index (χ3n) is 3.81. The van der Waals surface area contributed by atoms with E-state index in [-0.39, 0.29) is 24.8 Å². The smallest absolute Gasteiger partial charge is 0.223 e. The summed E-state index contributed by atoms with van der Waals surface area (Å²) in [7, 11) is 1.60. The van der Waals surface area contributed by atoms with Gasteiger partial charge in [-0.1, -0.05) is 41.4 Å². The zero-order valence-electron chi connectivity index (χ0n) is 14.6. The molecule has 0 aliphatic carbocycles. The molecule has 0 heterocycles. The van der Waals surface area contributed by atoms with Gasteiger partial charge in [0.15, 0.2) is 0 Å². The predicted molar refractivity (Wildman–Crippen MR) is 104 cm³/mol. The number of nitrogens with one attached hydrogen (secondary N) is 1. The molecule has 2 amide bonds. The SMILES string of the molecule is COc1ccc(CNC(=O)CCN(C(C)=O)c2cccc(Cl)c2Cl)cc1. The lowest BCUT2D eigenvalue weighted by Gasteiger charge is -2.22. The van der Waals surface area contributed by atoms with E-state index in [1.807, 2.05) is 24.3 Å². The van der Waals surface area contributed by atoms with Gasteiger partial charge in [0.1, 0.15) is 5.75 Å². The van der Waals surface area contributed by atoms with E-state index in [9.17, 15) is 9.59 Å². The highest BCUT2D eigenvalue weighted by molar-refractivity contribution is 6.44. The molecule has 0 saturated heterocycles. The Morgan fingerprint density at radius 2 is 1.81 bits per heavy atom. The Morgan fingerprint density at radius 3 is 2.42 bits per heavy atom. The van der Waals surface area contributed by atoms with E-state index in [0.29, 0.717) is 22.3 Å². The van der Waals surface area contributed by atoms with Gasteiger partial charge in [-0.3, -0.25) is 9.59 Å². The van der Waals surface area contributed by atoms with Crippen molar-refractivity contribution in [1.29, 1.82) is 0 Å². The van der Waals surface area contributed by atoms with Gasteiger partial charge in [-0.2, -0.15) is 0 Å². The van der Waals surface area contributed by atoms with Crippen molar-refractivity contribution in [3.63, 3.8) is 0 Å². The summed E-state index contributed by atoms with van der Waals surface area (Å²) in [5.74, 6) is 0.387. The lowest BCUT2D eigenvalue weighted by molar-refractivity contribution is -0.121. The Bertz CT molecular complexity index is 779. The molecule has 0 unspecified atom stereocenters. The van der Waals surface area contributed by atoms with Gasteiger partial charge in [0.05, 0.1) is 22.8 Å². The van der Waals surface area contributed by atoms with Crippen LogP contribution in [0.4, 0.5) is 5.69 Å². The fourth-order valence-corrected chi connectivity index (χ4v) is 2.79. The van der Waals surface area contributed by atoms with Gasteiger partial charge in [0, 0.05) is 26.4 Å². The van der Waals surface area contributed by atoms with E-state index in [1.165, 1.54) is 11.8 Å². The van der Waals surface area contributed by atoms with Crippen molar-refractivity contribution in [3.8, 4) is 5.75 Å². The van der Waals surface area contributed by atoms with E-state index in [4.69, 9.17) is 27.9 Å². The van der Waals surface area contributed by atoms with E-state index in [2.05, 4.69) is 5.32 Å². The first-order valence-electron chi connectivity index (χ1n) is 8.04. The van der Waals surface area contributed by atoms with Crippen LogP contribution < -0.4 is 15.0 Å². The normalized spacial score (nSPS) is 10.3. The Morgan fingerprint density at radius 1 is 1.12 bits per heavy atom. The maximum Gasteiger partial charge on any atom is 0.223 e. The molecule has 7 heteroatoms. The summed E-state index contributed by atoms with van der Waals surface area (Å²) in [6, 6.07) is 12.5. The van der Waals surface area contributed by atoms with Crippen molar-refractivity contribution in [3.05, 3.63) is 58.1 Å². The first-order chi connectivity index (χ1) is 12.4. The summed E-state index contributed by atoms with van der Waals surface area (Å²) in [6.45, 7) is 2.04. The maximum absolute atomic E-state index is 12.1. The summed E-state index contributed by atoms with van der Waals surface area (Å²) >= 11 is 12.2. The van der Waals surface area contributed by atoms with Crippen molar-refractivity contribution in [2.75, 3.05) is 18.6 Å². The summed E-state index contributed by atoms with van der Waals surface area (Å²) in [6.07, 6.45) is 0.151. The molecule has 0 saturated carbocycles. The van der Waals surface area contributed by atoms with Gasteiger partial charge in [-0.05, 0) is 29.8 Å². The second kappa shape index (κ2) is 9.46. The molecule has 2 rings (SSSR count). The van der Waals surface area contributed by atoms with Crippen molar-refractivity contribution in [2.24, 2.45) is 0 Å². The van der Waals surface area contributed by atoms with Crippen LogP contribution in [0.25, 0.3) is 0 Å². The van der Waals surface area contributed by atoms with Gasteiger partial charge in [0.2, 0.25) is 11.8 Å². The van der Waals surface area contributed by atoms with Crippen molar-refractivity contribution in [1.82, 2.24) is 5.32 Å². The van der Waals surface area contributed by atoms with Gasteiger partial charge in [-0.25, -0.2) is 0 Å². The van der Waals surface area contributed by atoms with E-state index in [1.54, 1.807) is 25.3 Å². The third-order valence-corrected chi connectivity index (χ3v) is 4.62. The summed E-state index contributed by atoms with van der Waals surface area (Å²) in [4.78, 5) is 25.5. The van der Waals surface area contributed by atoms with Crippen LogP contribution in [-0.2, 0) is 16.1 Å². The molecule has 5 nitrogen and oxygen atoms in total. The van der Waals surface area contributed by atoms with Crippen LogP contribution >= 0.6 is 23.2 Å². The molecule has 0 fully saturated rings. The summed E-state index contributed by atoms with van der Waals surface area (Å²) in [5, 5.41) is 3.49. The van der Waals surface area contributed by atoms with E-state index < -0.39 is 0 Å². The molecule has 1 N–H and O–H groups in total. The predicted octanol–water partition coefficient (Wildman–Crippen LogP) is 4.06. The highest BCUT2D eigenvalue weighted by Crippen LogP contribution is 2.32. The largest absolute Gasteiger partial charge is 0.497 e. The topological polar surface area (TPSA) is 58.6 Å². The van der Waals surface area contributed by atoms with Gasteiger partial charge >= 0.3 is 0 Å². The molecule has 0 bridgehead atoms. The minimum absolute atomic E-state index is 0.151. The minimum atomic E-state index is -0.211. The van der Waals surface area contributed by atoms with Gasteiger partial charge in [0.25, 0.3) is 0 Å². The second-order valence-electron chi connectivity index (χ2n) is 5.62. The van der Waals surface area contributed by atoms with Crippen LogP contribution in [0.1, 0.15) is 18.9 Å². The van der Waals surface area contributed by atoms with E-state index in [0.717, 1.165) is 11.3 Å². The van der Waals surface area contributed by atoms with Crippen molar-refractivity contribution >= 4 is 40.7 Å². The zero-order chi connectivity index (χ0) is 19.1. The maximum atomic E-state index is 12.1. The first-order valence-corrected chi connectivity index (χ1v) is 8.79. The lowest BCUT2D eigenvalue weighted by Crippen LogP contribution is -2.34. The van der Waals surface area contributed by atoms with Crippen LogP contribution in [0.2, 0.25) is 10.0 Å². The first kappa shape index (κ1) is 20.1. The van der Waals surface area contributed by atoms with Crippen molar-refractivity contribution < 1.29 is 14.3 Å². The quantitative estimate of drug-likeness (QED) is 0.769. The standard InChI is InChI=1S/C19H20Cl2N2O3/c1-13(24)23(17-5-3-4-16(20)19(17)21)11-10-18(25)22-12-14-6-8-15(26-2)9-7-14/h3-9H,10-12H2,1-2H3,(H,22,25). The molecule has 138 valence electrons. The number of hydrogen-bond acceptors (Lipinski definition) is 3. The summed E-state index contributed by atoms with van der Waals surface area (Å²) < 4.78 is 5.10. The number of hydrogen-bond donors (Lipinski definition) is 1. The monoisotopic (exact) mass is 394 g/mol. The summed E-state index contributed by atoms with van der Waals surface area (Å²) in [5.41, 5.74) is 1.45. The van der Waals surface area contributed by atoms with Crippen LogP contribution in [0.5, 0.6) is 5.75 Å². The average molecular weight is 395 g/mol. The minimum Gasteiger partial charge on any atom is -0.497 e. The highest BCUT2D eigenvalue weighted by atomic mass is 35.5. The van der Waals surface area contributed by atoms with Crippen LogP contribution in [-0.4, -0.2) is 25.5 Å². The number of halogens is 2. The Labute approximate surface area is 162 Å². The fourth-order valence-electron chi connectivity index (χ4n) is 2.39. The molecule has 0 radical (unpaired) electrons. The molecular weight excluding hydrogens is 375 g/mol. The number of anilines is 1. The number of carbonyl (C=O) groups excluding carboxylic acids is 2. The lowest BCUT2D eigenvalue weighted by atomic mass is 10.2. The molecule has 0 aliphatic rings. The number of ether oxygens (including phenoxy) is 1. The average Bonchev–Trinajstić information content (AvgIpc) is 2.63. The molecule has 26 heavy (non-hydrogen) atoms. The van der Waals surface area contributed by atoms with Crippen LogP contribution in [0, 0.1) is 0 Å². The van der Waals surface area contributed by atoms with Crippen LogP contribution in [0.3, 0.4) is 0 Å². The third kappa shape index (κ3) is 5.38. The van der Waals surface area contributed by atoms with Crippen molar-refractivity contribution in [2.45, 2.75) is 19.9 Å². The Kier molecular flexibility index (Phi) is 7.30. The highest BCUT2D eigenvalue weighted by Gasteiger charge is 2.17. The molecule has 2 aromatic rings. The molecule has 0 aromatic heterocycles. The molecule has 0 atom stereocenters. The fraction of sp³-hybridized carbons (Fsp3) is 0.263. The molecular formula is C19H20Cl2N2O3. The molecule has 0 spiro atoms. The number of nitrogens with zero attached hydrogens (tertiary/aromatic N) is 1. The Balaban J connectivity index is 1.92. The number of benzene rings is 2. The Hall–Kier alpha value is -2.24. The number of methoxy groups -OCH3 is 1. The van der Waals surface area contributed by atoms with Gasteiger partial charge in [-0.15, -0.1) is 0 Å². The van der Waals surface area contributed by atoms with Gasteiger partial charge < -0.3 is 15.0 Å². The number of amides is 2. The molecule has 2 aromatic carbocycles. The number of carbonyl (C=O) groups is 2. The number of rotatable bonds is 7. The van der Waals surface area contributed by atoms with E-state index >= 15 is 0 Å². The van der Waals surface area contributed by atoms with Crippen LogP contribution in [0.15, 0.2) is 42.5 Å².